The molecule has 1 aliphatic rings. The van der Waals surface area contributed by atoms with Crippen LogP contribution in [0.5, 0.6) is 0 Å². The van der Waals surface area contributed by atoms with Crippen molar-refractivity contribution in [2.45, 2.75) is 38.8 Å². The van der Waals surface area contributed by atoms with Crippen molar-refractivity contribution in [2.75, 3.05) is 5.32 Å². The first-order chi connectivity index (χ1) is 7.65. The fourth-order valence-electron chi connectivity index (χ4n) is 1.53. The zero-order chi connectivity index (χ0) is 11.5. The minimum atomic E-state index is -0.00651. The Morgan fingerprint density at radius 2 is 1.88 bits per heavy atom. The number of hydrogen-bond acceptors (Lipinski definition) is 2. The van der Waals surface area contributed by atoms with Crippen molar-refractivity contribution in [3.8, 4) is 0 Å². The monoisotopic (exact) mass is 218 g/mol. The number of carbonyl (C=O) groups excluding carboxylic acids is 1. The minimum absolute atomic E-state index is 0.00651. The summed E-state index contributed by atoms with van der Waals surface area (Å²) in [7, 11) is 0. The molecule has 86 valence electrons. The van der Waals surface area contributed by atoms with Crippen LogP contribution >= 0.6 is 0 Å². The van der Waals surface area contributed by atoms with Crippen molar-refractivity contribution in [3.63, 3.8) is 0 Å². The summed E-state index contributed by atoms with van der Waals surface area (Å²) in [6.45, 7) is 3.92. The van der Waals surface area contributed by atoms with Crippen LogP contribution in [0.3, 0.4) is 0 Å². The van der Waals surface area contributed by atoms with Crippen LogP contribution in [0.1, 0.15) is 37.0 Å². The van der Waals surface area contributed by atoms with Gasteiger partial charge < -0.3 is 10.6 Å². The largest absolute Gasteiger partial charge is 0.382 e. The Morgan fingerprint density at radius 3 is 2.38 bits per heavy atom. The molecule has 0 bridgehead atoms. The average Bonchev–Trinajstić information content (AvgIpc) is 3.01. The highest BCUT2D eigenvalue weighted by Gasteiger charge is 2.20. The van der Waals surface area contributed by atoms with E-state index in [0.29, 0.717) is 6.04 Å². The molecule has 0 heterocycles. The van der Waals surface area contributed by atoms with Crippen molar-refractivity contribution < 1.29 is 4.79 Å². The zero-order valence-corrected chi connectivity index (χ0v) is 9.79. The summed E-state index contributed by atoms with van der Waals surface area (Å²) in [5.74, 6) is -0.00651. The Bertz CT molecular complexity index is 366. The number of rotatable bonds is 4. The Kier molecular flexibility index (Phi) is 3.13. The van der Waals surface area contributed by atoms with Gasteiger partial charge in [0.2, 0.25) is 0 Å². The molecule has 1 aromatic carbocycles. The standard InChI is InChI=1S/C13H18N2O/c1-9(2)14-13(16)10-3-5-11(6-4-10)15-12-7-8-12/h3-6,9,12,15H,7-8H2,1-2H3,(H,14,16). The SMILES string of the molecule is CC(C)NC(=O)c1ccc(NC2CC2)cc1. The normalized spacial score (nSPS) is 14.9. The molecule has 0 aliphatic heterocycles. The molecule has 0 saturated heterocycles. The van der Waals surface area contributed by atoms with Gasteiger partial charge in [-0.05, 0) is 51.0 Å². The number of amides is 1. The molecule has 0 radical (unpaired) electrons. The maximum absolute atomic E-state index is 11.7. The maximum Gasteiger partial charge on any atom is 0.251 e. The smallest absolute Gasteiger partial charge is 0.251 e. The van der Waals surface area contributed by atoms with E-state index in [1.54, 1.807) is 0 Å². The van der Waals surface area contributed by atoms with Crippen molar-refractivity contribution in [1.29, 1.82) is 0 Å². The van der Waals surface area contributed by atoms with Crippen LogP contribution in [0.25, 0.3) is 0 Å². The lowest BCUT2D eigenvalue weighted by atomic mass is 10.2. The quantitative estimate of drug-likeness (QED) is 0.814. The van der Waals surface area contributed by atoms with E-state index >= 15 is 0 Å². The molecule has 0 unspecified atom stereocenters. The molecule has 2 N–H and O–H groups in total. The lowest BCUT2D eigenvalue weighted by Gasteiger charge is -2.09. The average molecular weight is 218 g/mol. The molecule has 3 heteroatoms. The molecule has 0 aromatic heterocycles. The van der Waals surface area contributed by atoms with Gasteiger partial charge >= 0.3 is 0 Å². The van der Waals surface area contributed by atoms with E-state index in [1.807, 2.05) is 38.1 Å². The Hall–Kier alpha value is -1.51. The second-order valence-electron chi connectivity index (χ2n) is 4.62. The number of anilines is 1. The van der Waals surface area contributed by atoms with Crippen LogP contribution in [-0.4, -0.2) is 18.0 Å². The van der Waals surface area contributed by atoms with Gasteiger partial charge in [0.1, 0.15) is 0 Å². The van der Waals surface area contributed by atoms with Crippen LogP contribution < -0.4 is 10.6 Å². The Morgan fingerprint density at radius 1 is 1.25 bits per heavy atom. The van der Waals surface area contributed by atoms with Gasteiger partial charge in [-0.25, -0.2) is 0 Å². The fourth-order valence-corrected chi connectivity index (χ4v) is 1.53. The highest BCUT2D eigenvalue weighted by atomic mass is 16.1. The van der Waals surface area contributed by atoms with Gasteiger partial charge in [-0.2, -0.15) is 0 Å². The third-order valence-electron chi connectivity index (χ3n) is 2.51. The summed E-state index contributed by atoms with van der Waals surface area (Å²) in [5.41, 5.74) is 1.82. The molecule has 1 aromatic rings. The first kappa shape index (κ1) is 11.0. The van der Waals surface area contributed by atoms with Crippen LogP contribution in [0, 0.1) is 0 Å². The van der Waals surface area contributed by atoms with Gasteiger partial charge in [-0.15, -0.1) is 0 Å². The predicted octanol–water partition coefficient (Wildman–Crippen LogP) is 2.40. The minimum Gasteiger partial charge on any atom is -0.382 e. The second-order valence-corrected chi connectivity index (χ2v) is 4.62. The lowest BCUT2D eigenvalue weighted by Crippen LogP contribution is -2.29. The topological polar surface area (TPSA) is 41.1 Å². The molecule has 3 nitrogen and oxygen atoms in total. The second kappa shape index (κ2) is 4.56. The van der Waals surface area contributed by atoms with Crippen molar-refractivity contribution in [1.82, 2.24) is 5.32 Å². The number of benzene rings is 1. The molecule has 1 amide bonds. The van der Waals surface area contributed by atoms with E-state index in [2.05, 4.69) is 10.6 Å². The third-order valence-corrected chi connectivity index (χ3v) is 2.51. The zero-order valence-electron chi connectivity index (χ0n) is 9.79. The molecule has 0 spiro atoms. The van der Waals surface area contributed by atoms with Crippen molar-refractivity contribution in [3.05, 3.63) is 29.8 Å². The molecular formula is C13H18N2O. The summed E-state index contributed by atoms with van der Waals surface area (Å²) < 4.78 is 0. The summed E-state index contributed by atoms with van der Waals surface area (Å²) in [6.07, 6.45) is 2.52. The molecule has 16 heavy (non-hydrogen) atoms. The molecule has 2 rings (SSSR count). The van der Waals surface area contributed by atoms with Crippen molar-refractivity contribution >= 4 is 11.6 Å². The summed E-state index contributed by atoms with van der Waals surface area (Å²) >= 11 is 0. The lowest BCUT2D eigenvalue weighted by molar-refractivity contribution is 0.0943. The van der Waals surface area contributed by atoms with Gasteiger partial charge in [0.05, 0.1) is 0 Å². The number of nitrogens with one attached hydrogen (secondary N) is 2. The molecule has 1 saturated carbocycles. The maximum atomic E-state index is 11.7. The van der Waals surface area contributed by atoms with E-state index in [0.717, 1.165) is 11.3 Å². The fraction of sp³-hybridized carbons (Fsp3) is 0.462. The number of carbonyl (C=O) groups is 1. The van der Waals surface area contributed by atoms with E-state index < -0.39 is 0 Å². The molecule has 1 fully saturated rings. The van der Waals surface area contributed by atoms with Crippen LogP contribution in [0.15, 0.2) is 24.3 Å². The first-order valence-electron chi connectivity index (χ1n) is 5.82. The van der Waals surface area contributed by atoms with Gasteiger partial charge in [0, 0.05) is 23.3 Å². The van der Waals surface area contributed by atoms with E-state index in [-0.39, 0.29) is 11.9 Å². The highest BCUT2D eigenvalue weighted by molar-refractivity contribution is 5.94. The van der Waals surface area contributed by atoms with E-state index in [4.69, 9.17) is 0 Å². The predicted molar refractivity (Wildman–Crippen MR) is 65.7 cm³/mol. The molecule has 0 atom stereocenters. The van der Waals surface area contributed by atoms with Crippen molar-refractivity contribution in [2.24, 2.45) is 0 Å². The third kappa shape index (κ3) is 2.99. The Labute approximate surface area is 96.2 Å². The summed E-state index contributed by atoms with van der Waals surface area (Å²) in [6, 6.07) is 8.48. The molecule has 1 aliphatic carbocycles. The van der Waals surface area contributed by atoms with Gasteiger partial charge in [-0.1, -0.05) is 0 Å². The van der Waals surface area contributed by atoms with E-state index in [9.17, 15) is 4.79 Å². The highest BCUT2D eigenvalue weighted by Crippen LogP contribution is 2.24. The summed E-state index contributed by atoms with van der Waals surface area (Å²) in [5, 5.41) is 6.26. The van der Waals surface area contributed by atoms with Gasteiger partial charge in [0.15, 0.2) is 0 Å². The first-order valence-corrected chi connectivity index (χ1v) is 5.82. The van der Waals surface area contributed by atoms with E-state index in [1.165, 1.54) is 12.8 Å². The van der Waals surface area contributed by atoms with Crippen LogP contribution in [0.4, 0.5) is 5.69 Å². The number of hydrogen-bond donors (Lipinski definition) is 2. The van der Waals surface area contributed by atoms with Gasteiger partial charge in [0.25, 0.3) is 5.91 Å². The van der Waals surface area contributed by atoms with Gasteiger partial charge in [-0.3, -0.25) is 4.79 Å². The summed E-state index contributed by atoms with van der Waals surface area (Å²) in [4.78, 5) is 11.7. The molecular weight excluding hydrogens is 200 g/mol. The van der Waals surface area contributed by atoms with Crippen LogP contribution in [0.2, 0.25) is 0 Å². The van der Waals surface area contributed by atoms with Crippen LogP contribution in [-0.2, 0) is 0 Å². The Balaban J connectivity index is 1.97.